The first-order valence-corrected chi connectivity index (χ1v) is 11.1. The van der Waals surface area contributed by atoms with Gasteiger partial charge in [0.15, 0.2) is 5.69 Å². The van der Waals surface area contributed by atoms with Gasteiger partial charge in [-0.25, -0.2) is 0 Å². The molecule has 1 heterocycles. The zero-order valence-corrected chi connectivity index (χ0v) is 19.7. The maximum absolute atomic E-state index is 13.3. The second-order valence-corrected chi connectivity index (χ2v) is 8.19. The lowest BCUT2D eigenvalue weighted by atomic mass is 10.1. The molecule has 34 heavy (non-hydrogen) atoms. The van der Waals surface area contributed by atoms with Crippen LogP contribution in [0.5, 0.6) is 5.88 Å². The van der Waals surface area contributed by atoms with Gasteiger partial charge in [-0.2, -0.15) is 23.0 Å². The number of carbonyl (C=O) groups excluding carboxylic acids is 1. The Morgan fingerprint density at radius 3 is 2.62 bits per heavy atom. The molecule has 3 aromatic rings. The van der Waals surface area contributed by atoms with Gasteiger partial charge in [0.05, 0.1) is 17.3 Å². The van der Waals surface area contributed by atoms with Crippen molar-refractivity contribution in [1.29, 1.82) is 0 Å². The number of aryl methyl sites for hydroxylation is 2. The van der Waals surface area contributed by atoms with Gasteiger partial charge in [-0.15, -0.1) is 0 Å². The monoisotopic (exact) mass is 494 g/mol. The number of nitrogens with zero attached hydrogens (tertiary/aromatic N) is 3. The Labute approximate surface area is 201 Å². The minimum absolute atomic E-state index is 0.0404. The maximum atomic E-state index is 13.3. The summed E-state index contributed by atoms with van der Waals surface area (Å²) in [6.07, 6.45) is -3.43. The molecule has 0 atom stereocenters. The third-order valence-electron chi connectivity index (χ3n) is 5.18. The highest BCUT2D eigenvalue weighted by Gasteiger charge is 2.35. The molecular weight excluding hydrogens is 469 g/mol. The third kappa shape index (κ3) is 6.44. The number of amides is 1. The minimum Gasteiger partial charge on any atom is -0.477 e. The van der Waals surface area contributed by atoms with E-state index in [0.717, 1.165) is 27.6 Å². The lowest BCUT2D eigenvalue weighted by Gasteiger charge is -2.27. The van der Waals surface area contributed by atoms with Gasteiger partial charge in [0, 0.05) is 31.4 Å². The predicted octanol–water partition coefficient (Wildman–Crippen LogP) is 5.18. The second-order valence-electron chi connectivity index (χ2n) is 7.78. The smallest absolute Gasteiger partial charge is 0.435 e. The van der Waals surface area contributed by atoms with E-state index in [-0.39, 0.29) is 17.5 Å². The maximum Gasteiger partial charge on any atom is 0.435 e. The normalized spacial score (nSPS) is 11.4. The van der Waals surface area contributed by atoms with Gasteiger partial charge < -0.3 is 15.0 Å². The molecule has 0 fully saturated rings. The molecular formula is C24H26ClF3N4O2. The molecule has 0 aliphatic carbocycles. The molecule has 6 nitrogen and oxygen atoms in total. The van der Waals surface area contributed by atoms with Gasteiger partial charge >= 0.3 is 6.18 Å². The van der Waals surface area contributed by atoms with Crippen LogP contribution in [0.15, 0.2) is 48.5 Å². The number of nitrogens with one attached hydrogen (secondary N) is 1. The molecule has 10 heteroatoms. The summed E-state index contributed by atoms with van der Waals surface area (Å²) in [5.74, 6) is -0.0404. The number of carbonyl (C=O) groups is 1. The van der Waals surface area contributed by atoms with Crippen LogP contribution in [0.1, 0.15) is 23.2 Å². The topological polar surface area (TPSA) is 59.4 Å². The van der Waals surface area contributed by atoms with Crippen LogP contribution in [0.2, 0.25) is 5.02 Å². The molecule has 0 spiro atoms. The number of benzene rings is 2. The van der Waals surface area contributed by atoms with Crippen molar-refractivity contribution in [3.05, 3.63) is 70.4 Å². The van der Waals surface area contributed by atoms with Crippen LogP contribution >= 0.6 is 11.6 Å². The number of hydrogen-bond acceptors (Lipinski definition) is 4. The lowest BCUT2D eigenvalue weighted by Crippen LogP contribution is -2.33. The summed E-state index contributed by atoms with van der Waals surface area (Å²) in [5.41, 5.74) is 2.47. The predicted molar refractivity (Wildman–Crippen MR) is 126 cm³/mol. The van der Waals surface area contributed by atoms with Crippen molar-refractivity contribution in [3.63, 3.8) is 0 Å². The molecule has 0 bridgehead atoms. The average Bonchev–Trinajstić information content (AvgIpc) is 3.22. The van der Waals surface area contributed by atoms with Gasteiger partial charge in [-0.1, -0.05) is 35.9 Å². The summed E-state index contributed by atoms with van der Waals surface area (Å²) < 4.78 is 46.7. The average molecular weight is 495 g/mol. The van der Waals surface area contributed by atoms with Gasteiger partial charge in [0.25, 0.3) is 0 Å². The standard InChI is InChI=1S/C24H26ClF3N4O2/c1-17-8-9-18(2)21(14-17)31(12-10-29-16-33)11-5-13-34-23-15-22(24(26,27)28)30-32(23)20-7-4-3-6-19(20)25/h3-4,6-9,14-16H,5,10-13H2,1-2H3,(H,29,33). The van der Waals surface area contributed by atoms with Crippen LogP contribution in [0, 0.1) is 13.8 Å². The van der Waals surface area contributed by atoms with E-state index in [9.17, 15) is 18.0 Å². The Balaban J connectivity index is 1.74. The molecule has 1 N–H and O–H groups in total. The fourth-order valence-electron chi connectivity index (χ4n) is 3.50. The Kier molecular flexibility index (Phi) is 8.44. The third-order valence-corrected chi connectivity index (χ3v) is 5.50. The van der Waals surface area contributed by atoms with E-state index in [1.165, 1.54) is 0 Å². The van der Waals surface area contributed by atoms with E-state index in [0.29, 0.717) is 38.2 Å². The van der Waals surface area contributed by atoms with E-state index >= 15 is 0 Å². The van der Waals surface area contributed by atoms with Gasteiger partial charge in [-0.3, -0.25) is 4.79 Å². The van der Waals surface area contributed by atoms with Gasteiger partial charge in [-0.05, 0) is 49.6 Å². The Morgan fingerprint density at radius 2 is 1.91 bits per heavy atom. The number of ether oxygens (including phenoxy) is 1. The van der Waals surface area contributed by atoms with E-state index < -0.39 is 11.9 Å². The number of rotatable bonds is 11. The zero-order valence-electron chi connectivity index (χ0n) is 18.9. The van der Waals surface area contributed by atoms with Crippen molar-refractivity contribution in [1.82, 2.24) is 15.1 Å². The van der Waals surface area contributed by atoms with E-state index in [1.807, 2.05) is 26.0 Å². The van der Waals surface area contributed by atoms with E-state index in [2.05, 4.69) is 21.4 Å². The zero-order chi connectivity index (χ0) is 24.7. The van der Waals surface area contributed by atoms with E-state index in [4.69, 9.17) is 16.3 Å². The Morgan fingerprint density at radius 1 is 1.15 bits per heavy atom. The lowest BCUT2D eigenvalue weighted by molar-refractivity contribution is -0.141. The number of halogens is 4. The van der Waals surface area contributed by atoms with Crippen LogP contribution in [0.3, 0.4) is 0 Å². The van der Waals surface area contributed by atoms with Crippen LogP contribution in [-0.2, 0) is 11.0 Å². The van der Waals surface area contributed by atoms with E-state index in [1.54, 1.807) is 24.3 Å². The molecule has 0 saturated heterocycles. The highest BCUT2D eigenvalue weighted by Crippen LogP contribution is 2.33. The molecule has 0 unspecified atom stereocenters. The fraction of sp³-hybridized carbons (Fsp3) is 0.333. The second kappa shape index (κ2) is 11.3. The quantitative estimate of drug-likeness (QED) is 0.295. The molecule has 0 radical (unpaired) electrons. The van der Waals surface area contributed by atoms with Crippen molar-refractivity contribution in [2.75, 3.05) is 31.1 Å². The summed E-state index contributed by atoms with van der Waals surface area (Å²) in [5, 5.41) is 6.60. The molecule has 2 aromatic carbocycles. The summed E-state index contributed by atoms with van der Waals surface area (Å²) in [7, 11) is 0. The van der Waals surface area contributed by atoms with Crippen LogP contribution in [0.25, 0.3) is 5.69 Å². The van der Waals surface area contributed by atoms with Crippen molar-refractivity contribution < 1.29 is 22.7 Å². The number of alkyl halides is 3. The fourth-order valence-corrected chi connectivity index (χ4v) is 3.72. The molecule has 1 aromatic heterocycles. The van der Waals surface area contributed by atoms with Crippen molar-refractivity contribution in [2.45, 2.75) is 26.4 Å². The first-order chi connectivity index (χ1) is 16.2. The molecule has 3 rings (SSSR count). The first-order valence-electron chi connectivity index (χ1n) is 10.7. The summed E-state index contributed by atoms with van der Waals surface area (Å²) in [4.78, 5) is 12.8. The molecule has 0 saturated carbocycles. The highest BCUT2D eigenvalue weighted by molar-refractivity contribution is 6.32. The summed E-state index contributed by atoms with van der Waals surface area (Å²) >= 11 is 6.18. The first kappa shape index (κ1) is 25.4. The largest absolute Gasteiger partial charge is 0.477 e. The minimum atomic E-state index is -4.62. The van der Waals surface area contributed by atoms with Crippen molar-refractivity contribution in [3.8, 4) is 11.6 Å². The summed E-state index contributed by atoms with van der Waals surface area (Å²) in [6, 6.07) is 13.5. The number of para-hydroxylation sites is 1. The molecule has 1 amide bonds. The van der Waals surface area contributed by atoms with Crippen molar-refractivity contribution in [2.24, 2.45) is 0 Å². The van der Waals surface area contributed by atoms with Crippen LogP contribution < -0.4 is 15.0 Å². The number of hydrogen-bond donors (Lipinski definition) is 1. The van der Waals surface area contributed by atoms with Crippen LogP contribution in [0.4, 0.5) is 18.9 Å². The van der Waals surface area contributed by atoms with Gasteiger partial charge in [0.1, 0.15) is 0 Å². The Hall–Kier alpha value is -3.20. The van der Waals surface area contributed by atoms with Gasteiger partial charge in [0.2, 0.25) is 12.3 Å². The highest BCUT2D eigenvalue weighted by atomic mass is 35.5. The van der Waals surface area contributed by atoms with Crippen molar-refractivity contribution >= 4 is 23.7 Å². The van der Waals surface area contributed by atoms with Crippen LogP contribution in [-0.4, -0.2) is 42.4 Å². The SMILES string of the molecule is Cc1ccc(C)c(N(CCCOc2cc(C(F)(F)F)nn2-c2ccccc2Cl)CCNC=O)c1. The Bertz CT molecular complexity index is 1120. The molecule has 0 aliphatic rings. The molecule has 0 aliphatic heterocycles. The molecule has 182 valence electrons. The number of aromatic nitrogens is 2. The number of anilines is 1. The summed E-state index contributed by atoms with van der Waals surface area (Å²) in [6.45, 7) is 5.80.